The van der Waals surface area contributed by atoms with Gasteiger partial charge in [0.2, 0.25) is 0 Å². The van der Waals surface area contributed by atoms with Gasteiger partial charge >= 0.3 is 0 Å². The zero-order valence-corrected chi connectivity index (χ0v) is 10.2. The van der Waals surface area contributed by atoms with Crippen LogP contribution in [0.4, 0.5) is 0 Å². The van der Waals surface area contributed by atoms with Crippen molar-refractivity contribution in [2.75, 3.05) is 0 Å². The average Bonchev–Trinajstić information content (AvgIpc) is 2.23. The molecule has 3 heteroatoms. The van der Waals surface area contributed by atoms with Crippen molar-refractivity contribution in [3.05, 3.63) is 29.3 Å². The smallest absolute Gasteiger partial charge is 0.138 e. The molecule has 0 amide bonds. The Balaban J connectivity index is 0.00000112. The lowest BCUT2D eigenvalue weighted by Crippen LogP contribution is -2.19. The van der Waals surface area contributed by atoms with E-state index in [2.05, 4.69) is 0 Å². The number of hydrogen-bond donors (Lipinski definition) is 0. The van der Waals surface area contributed by atoms with E-state index in [-0.39, 0.29) is 12.4 Å². The third-order valence-electron chi connectivity index (χ3n) is 2.68. The van der Waals surface area contributed by atoms with Gasteiger partial charge in [-0.2, -0.15) is 0 Å². The van der Waals surface area contributed by atoms with Crippen LogP contribution in [0.5, 0.6) is 5.75 Å². The van der Waals surface area contributed by atoms with Gasteiger partial charge in [-0.05, 0) is 37.8 Å². The normalized spacial score (nSPS) is 16.9. The van der Waals surface area contributed by atoms with Crippen LogP contribution in [0.1, 0.15) is 32.1 Å². The van der Waals surface area contributed by atoms with E-state index in [1.54, 1.807) is 0 Å². The van der Waals surface area contributed by atoms with Crippen LogP contribution < -0.4 is 4.74 Å². The number of halogens is 2. The van der Waals surface area contributed by atoms with Crippen molar-refractivity contribution in [1.29, 1.82) is 0 Å². The van der Waals surface area contributed by atoms with Crippen molar-refractivity contribution in [2.24, 2.45) is 0 Å². The van der Waals surface area contributed by atoms with E-state index in [0.29, 0.717) is 6.10 Å². The molecule has 0 bridgehead atoms. The Morgan fingerprint density at radius 1 is 1.07 bits per heavy atom. The predicted octanol–water partition coefficient (Wildman–Crippen LogP) is 4.47. The van der Waals surface area contributed by atoms with E-state index < -0.39 is 0 Å². The molecule has 2 rings (SSSR count). The average molecular weight is 247 g/mol. The summed E-state index contributed by atoms with van der Waals surface area (Å²) in [7, 11) is 0. The molecule has 1 fully saturated rings. The fourth-order valence-electron chi connectivity index (χ4n) is 1.90. The van der Waals surface area contributed by atoms with Crippen molar-refractivity contribution in [1.82, 2.24) is 0 Å². The molecule has 1 saturated carbocycles. The Labute approximate surface area is 102 Å². The Bertz CT molecular complexity index is 295. The van der Waals surface area contributed by atoms with E-state index >= 15 is 0 Å². The van der Waals surface area contributed by atoms with Crippen LogP contribution in [0, 0.1) is 0 Å². The minimum Gasteiger partial charge on any atom is -0.489 e. The summed E-state index contributed by atoms with van der Waals surface area (Å²) in [6.07, 6.45) is 6.65. The van der Waals surface area contributed by atoms with E-state index in [9.17, 15) is 0 Å². The summed E-state index contributed by atoms with van der Waals surface area (Å²) in [5, 5.41) is 0.720. The molecular formula is C12H16Cl2O. The summed E-state index contributed by atoms with van der Waals surface area (Å²) >= 11 is 6.02. The maximum absolute atomic E-state index is 6.02. The topological polar surface area (TPSA) is 9.23 Å². The van der Waals surface area contributed by atoms with Gasteiger partial charge in [0.05, 0.1) is 11.1 Å². The summed E-state index contributed by atoms with van der Waals surface area (Å²) in [6, 6.07) is 7.71. The van der Waals surface area contributed by atoms with Crippen LogP contribution in [0.2, 0.25) is 5.02 Å². The van der Waals surface area contributed by atoms with Crippen LogP contribution in [-0.4, -0.2) is 6.10 Å². The number of benzene rings is 1. The fourth-order valence-corrected chi connectivity index (χ4v) is 2.08. The zero-order valence-electron chi connectivity index (χ0n) is 8.62. The Morgan fingerprint density at radius 2 is 1.73 bits per heavy atom. The van der Waals surface area contributed by atoms with Crippen molar-refractivity contribution in [3.8, 4) is 5.75 Å². The molecule has 0 saturated heterocycles. The van der Waals surface area contributed by atoms with Crippen molar-refractivity contribution < 1.29 is 4.74 Å². The first kappa shape index (κ1) is 12.7. The summed E-state index contributed by atoms with van der Waals surface area (Å²) in [6.45, 7) is 0. The fraction of sp³-hybridized carbons (Fsp3) is 0.500. The molecule has 0 heterocycles. The number of ether oxygens (including phenoxy) is 1. The molecule has 0 unspecified atom stereocenters. The maximum Gasteiger partial charge on any atom is 0.138 e. The van der Waals surface area contributed by atoms with Crippen LogP contribution >= 0.6 is 24.0 Å². The number of para-hydroxylation sites is 1. The third kappa shape index (κ3) is 3.58. The Kier molecular flexibility index (Phi) is 5.27. The monoisotopic (exact) mass is 246 g/mol. The van der Waals surface area contributed by atoms with Gasteiger partial charge in [-0.3, -0.25) is 0 Å². The van der Waals surface area contributed by atoms with Crippen molar-refractivity contribution in [3.63, 3.8) is 0 Å². The highest BCUT2D eigenvalue weighted by atomic mass is 35.5. The van der Waals surface area contributed by atoms with Crippen molar-refractivity contribution >= 4 is 24.0 Å². The van der Waals surface area contributed by atoms with Crippen LogP contribution in [-0.2, 0) is 0 Å². The molecule has 84 valence electrons. The molecule has 1 aliphatic rings. The summed E-state index contributed by atoms with van der Waals surface area (Å²) in [5.41, 5.74) is 0. The second kappa shape index (κ2) is 6.24. The van der Waals surface area contributed by atoms with E-state index in [4.69, 9.17) is 16.3 Å². The minimum absolute atomic E-state index is 0. The Hall–Kier alpha value is -0.400. The molecule has 0 aliphatic heterocycles. The van der Waals surface area contributed by atoms with Gasteiger partial charge in [0.15, 0.2) is 0 Å². The van der Waals surface area contributed by atoms with Crippen LogP contribution in [0.3, 0.4) is 0 Å². The summed E-state index contributed by atoms with van der Waals surface area (Å²) < 4.78 is 5.85. The SMILES string of the molecule is Cl.Clc1ccccc1OC1CCCCC1. The molecule has 1 aliphatic carbocycles. The van der Waals surface area contributed by atoms with Gasteiger partial charge in [0.1, 0.15) is 5.75 Å². The van der Waals surface area contributed by atoms with Gasteiger partial charge in [0, 0.05) is 0 Å². The van der Waals surface area contributed by atoms with E-state index in [0.717, 1.165) is 10.8 Å². The first-order chi connectivity index (χ1) is 6.86. The lowest BCUT2D eigenvalue weighted by Gasteiger charge is -2.23. The molecule has 0 N–H and O–H groups in total. The van der Waals surface area contributed by atoms with Crippen molar-refractivity contribution in [2.45, 2.75) is 38.2 Å². The standard InChI is InChI=1S/C12H15ClO.ClH/c13-11-8-4-5-9-12(11)14-10-6-2-1-3-7-10;/h4-5,8-10H,1-3,6-7H2;1H. The second-order valence-corrected chi connectivity index (χ2v) is 4.22. The summed E-state index contributed by atoms with van der Waals surface area (Å²) in [5.74, 6) is 0.834. The molecular weight excluding hydrogens is 231 g/mol. The quantitative estimate of drug-likeness (QED) is 0.749. The molecule has 1 aromatic carbocycles. The van der Waals surface area contributed by atoms with Crippen LogP contribution in [0.15, 0.2) is 24.3 Å². The van der Waals surface area contributed by atoms with Crippen LogP contribution in [0.25, 0.3) is 0 Å². The molecule has 0 aromatic heterocycles. The predicted molar refractivity (Wildman–Crippen MR) is 66.2 cm³/mol. The molecule has 0 spiro atoms. The molecule has 1 aromatic rings. The van der Waals surface area contributed by atoms with E-state index in [1.807, 2.05) is 24.3 Å². The summed E-state index contributed by atoms with van der Waals surface area (Å²) in [4.78, 5) is 0. The lowest BCUT2D eigenvalue weighted by molar-refractivity contribution is 0.155. The first-order valence-corrected chi connectivity index (χ1v) is 5.65. The molecule has 0 atom stereocenters. The highest BCUT2D eigenvalue weighted by molar-refractivity contribution is 6.32. The number of hydrogen-bond acceptors (Lipinski definition) is 1. The number of rotatable bonds is 2. The molecule has 15 heavy (non-hydrogen) atoms. The zero-order chi connectivity index (χ0) is 9.80. The molecule has 0 radical (unpaired) electrons. The highest BCUT2D eigenvalue weighted by Gasteiger charge is 2.15. The van der Waals surface area contributed by atoms with Gasteiger partial charge in [-0.15, -0.1) is 12.4 Å². The highest BCUT2D eigenvalue weighted by Crippen LogP contribution is 2.28. The second-order valence-electron chi connectivity index (χ2n) is 3.81. The van der Waals surface area contributed by atoms with Gasteiger partial charge in [-0.25, -0.2) is 0 Å². The van der Waals surface area contributed by atoms with Gasteiger partial charge in [0.25, 0.3) is 0 Å². The van der Waals surface area contributed by atoms with E-state index in [1.165, 1.54) is 32.1 Å². The van der Waals surface area contributed by atoms with Gasteiger partial charge in [-0.1, -0.05) is 30.2 Å². The lowest BCUT2D eigenvalue weighted by atomic mass is 9.98. The Morgan fingerprint density at radius 3 is 2.40 bits per heavy atom. The molecule has 1 nitrogen and oxygen atoms in total. The largest absolute Gasteiger partial charge is 0.489 e. The first-order valence-electron chi connectivity index (χ1n) is 5.27. The maximum atomic E-state index is 6.02. The minimum atomic E-state index is 0. The third-order valence-corrected chi connectivity index (χ3v) is 2.99. The van der Waals surface area contributed by atoms with Gasteiger partial charge < -0.3 is 4.74 Å².